The van der Waals surface area contributed by atoms with Crippen molar-refractivity contribution < 1.29 is 44.7 Å². The van der Waals surface area contributed by atoms with Crippen LogP contribution in [0.4, 0.5) is 35.1 Å². The fourth-order valence-electron chi connectivity index (χ4n) is 6.73. The molecule has 9 nitrogen and oxygen atoms in total. The number of benzene rings is 2. The summed E-state index contributed by atoms with van der Waals surface area (Å²) in [5.41, 5.74) is 2.90. The van der Waals surface area contributed by atoms with Crippen molar-refractivity contribution in [3.63, 3.8) is 0 Å². The van der Waals surface area contributed by atoms with Crippen LogP contribution in [0, 0.1) is 42.1 Å². The number of alkyl halides is 5. The predicted molar refractivity (Wildman–Crippen MR) is 174 cm³/mol. The molecule has 17 heteroatoms. The molecule has 3 heterocycles. The number of nitrogens with two attached hydrogens (primary N) is 1. The van der Waals surface area contributed by atoms with Crippen LogP contribution in [0.5, 0.6) is 0 Å². The highest BCUT2D eigenvalue weighted by atomic mass is 19.4. The third-order valence-electron chi connectivity index (χ3n) is 9.10. The molecule has 0 unspecified atom stereocenters. The average molecular weight is 752 g/mol. The first kappa shape index (κ1) is 36.2. The van der Waals surface area contributed by atoms with Gasteiger partial charge in [-0.05, 0) is 79.1 Å². The lowest BCUT2D eigenvalue weighted by Crippen LogP contribution is -2.35. The SMILES string of the molecule is Cc1cc(C#Cc2ncc(-c3ccc(F)c(C(N)=O)c3)c([C@H](Cc3cc(F)cc(F)c3)NC(=O)Cn3nc(C(F)(F)F)c4c3C(F)(F)[C@@H]3C[C@H]43)n2)ccn1. The Bertz CT molecular complexity index is 2400. The number of halogens is 8. The van der Waals surface area contributed by atoms with Crippen LogP contribution in [-0.2, 0) is 29.9 Å². The lowest BCUT2D eigenvalue weighted by atomic mass is 9.95. The average Bonchev–Trinajstić information content (AvgIpc) is 3.74. The van der Waals surface area contributed by atoms with Crippen molar-refractivity contribution in [1.82, 2.24) is 30.0 Å². The van der Waals surface area contributed by atoms with Gasteiger partial charge in [0.25, 0.3) is 11.8 Å². The van der Waals surface area contributed by atoms with E-state index in [0.29, 0.717) is 22.0 Å². The third kappa shape index (κ3) is 6.98. The van der Waals surface area contributed by atoms with Gasteiger partial charge in [-0.3, -0.25) is 19.3 Å². The largest absolute Gasteiger partial charge is 0.435 e. The van der Waals surface area contributed by atoms with Gasteiger partial charge in [0, 0.05) is 46.8 Å². The number of primary amides is 1. The lowest BCUT2D eigenvalue weighted by molar-refractivity contribution is -0.142. The second-order valence-corrected chi connectivity index (χ2v) is 12.9. The van der Waals surface area contributed by atoms with E-state index in [1.54, 1.807) is 19.1 Å². The Balaban J connectivity index is 1.34. The first-order valence-corrected chi connectivity index (χ1v) is 16.2. The first-order chi connectivity index (χ1) is 25.5. The summed E-state index contributed by atoms with van der Waals surface area (Å²) in [4.78, 5) is 38.6. The highest BCUT2D eigenvalue weighted by molar-refractivity contribution is 5.94. The molecule has 276 valence electrons. The van der Waals surface area contributed by atoms with Crippen molar-refractivity contribution in [2.45, 2.75) is 50.4 Å². The monoisotopic (exact) mass is 751 g/mol. The molecular formula is C37H25F8N7O2. The van der Waals surface area contributed by atoms with Gasteiger partial charge in [0.2, 0.25) is 11.7 Å². The zero-order valence-corrected chi connectivity index (χ0v) is 27.8. The van der Waals surface area contributed by atoms with E-state index in [0.717, 1.165) is 24.3 Å². The number of hydrogen-bond donors (Lipinski definition) is 2. The summed E-state index contributed by atoms with van der Waals surface area (Å²) in [6.45, 7) is 0.643. The van der Waals surface area contributed by atoms with Gasteiger partial charge in [-0.2, -0.15) is 27.1 Å². The number of rotatable bonds is 8. The Kier molecular flexibility index (Phi) is 8.94. The molecule has 0 bridgehead atoms. The third-order valence-corrected chi connectivity index (χ3v) is 9.10. The van der Waals surface area contributed by atoms with Gasteiger partial charge in [0.05, 0.1) is 17.3 Å². The number of aromatic nitrogens is 5. The standard InChI is InChI=1S/C37H25F8N7O2/c1-17-8-18(6-7-47-17)2-5-29-48-15-25(20-3-4-27(40)24(12-20)35(46)54)32(50-29)28(11-19-9-21(38)13-22(39)10-19)49-30(53)16-52-34-31(33(51-52)37(43,44)45)23-14-26(23)36(34,41)42/h3-4,6-10,12-13,15,23,26,28H,11,14,16H2,1H3,(H2,46,54)(H,49,53)/t23-,26+,28-/m0/s1. The molecule has 3 aromatic heterocycles. The molecule has 54 heavy (non-hydrogen) atoms. The Morgan fingerprint density at radius 1 is 1.04 bits per heavy atom. The van der Waals surface area contributed by atoms with Crippen LogP contribution in [0.15, 0.2) is 60.9 Å². The molecule has 7 rings (SSSR count). The number of hydrogen-bond acceptors (Lipinski definition) is 6. The van der Waals surface area contributed by atoms with Gasteiger partial charge in [0.1, 0.15) is 29.7 Å². The summed E-state index contributed by atoms with van der Waals surface area (Å²) in [5, 5.41) is 5.94. The molecule has 3 atom stereocenters. The minimum Gasteiger partial charge on any atom is -0.366 e. The molecule has 0 saturated heterocycles. The minimum atomic E-state index is -5.08. The van der Waals surface area contributed by atoms with Crippen molar-refractivity contribution >= 4 is 11.8 Å². The lowest BCUT2D eigenvalue weighted by Gasteiger charge is -2.22. The van der Waals surface area contributed by atoms with E-state index in [1.165, 1.54) is 18.5 Å². The molecule has 5 aromatic rings. The summed E-state index contributed by atoms with van der Waals surface area (Å²) in [5.74, 6) is -5.74. The van der Waals surface area contributed by atoms with Gasteiger partial charge >= 0.3 is 6.18 Å². The van der Waals surface area contributed by atoms with Crippen LogP contribution in [0.1, 0.15) is 74.0 Å². The molecule has 0 aliphatic heterocycles. The van der Waals surface area contributed by atoms with Gasteiger partial charge < -0.3 is 11.1 Å². The molecule has 2 amide bonds. The second kappa shape index (κ2) is 13.3. The molecule has 0 spiro atoms. The zero-order chi connectivity index (χ0) is 38.7. The molecule has 1 saturated carbocycles. The van der Waals surface area contributed by atoms with Crippen molar-refractivity contribution in [2.75, 3.05) is 0 Å². The maximum atomic E-state index is 15.3. The van der Waals surface area contributed by atoms with Gasteiger partial charge in [-0.15, -0.1) is 0 Å². The smallest absolute Gasteiger partial charge is 0.366 e. The van der Waals surface area contributed by atoms with E-state index in [1.807, 2.05) is 0 Å². The van der Waals surface area contributed by atoms with Crippen molar-refractivity contribution in [1.29, 1.82) is 0 Å². The molecule has 2 aliphatic rings. The highest BCUT2D eigenvalue weighted by Gasteiger charge is 2.68. The number of carbonyl (C=O) groups is 2. The molecule has 0 radical (unpaired) electrons. The molecular weight excluding hydrogens is 726 g/mol. The summed E-state index contributed by atoms with van der Waals surface area (Å²) in [6, 6.07) is 7.67. The van der Waals surface area contributed by atoms with Gasteiger partial charge in [-0.1, -0.05) is 12.0 Å². The van der Waals surface area contributed by atoms with Crippen LogP contribution in [-0.4, -0.2) is 36.5 Å². The van der Waals surface area contributed by atoms with Gasteiger partial charge in [-0.25, -0.2) is 23.1 Å². The Morgan fingerprint density at radius 3 is 2.46 bits per heavy atom. The summed E-state index contributed by atoms with van der Waals surface area (Å²) < 4.78 is 116. The molecule has 1 fully saturated rings. The summed E-state index contributed by atoms with van der Waals surface area (Å²) in [6.07, 6.45) is -2.90. The Labute approximate surface area is 300 Å². The van der Waals surface area contributed by atoms with Crippen molar-refractivity contribution in [2.24, 2.45) is 11.7 Å². The normalized spacial score (nSPS) is 17.2. The topological polar surface area (TPSA) is 129 Å². The van der Waals surface area contributed by atoms with E-state index in [9.17, 15) is 35.9 Å². The number of amides is 2. The van der Waals surface area contributed by atoms with Crippen molar-refractivity contribution in [3.05, 3.63) is 129 Å². The number of pyridine rings is 1. The summed E-state index contributed by atoms with van der Waals surface area (Å²) in [7, 11) is 0. The van der Waals surface area contributed by atoms with Crippen LogP contribution in [0.3, 0.4) is 0 Å². The molecule has 3 N–H and O–H groups in total. The first-order valence-electron chi connectivity index (χ1n) is 16.2. The Hall–Kier alpha value is -6.18. The fourth-order valence-corrected chi connectivity index (χ4v) is 6.73. The number of aryl methyl sites for hydroxylation is 1. The van der Waals surface area contributed by atoms with E-state index < -0.39 is 94.7 Å². The van der Waals surface area contributed by atoms with Crippen molar-refractivity contribution in [3.8, 4) is 23.0 Å². The van der Waals surface area contributed by atoms with E-state index >= 15 is 8.78 Å². The number of nitrogens with zero attached hydrogens (tertiary/aromatic N) is 5. The fraction of sp³-hybridized carbons (Fsp3) is 0.243. The van der Waals surface area contributed by atoms with Gasteiger partial charge in [0.15, 0.2) is 5.69 Å². The van der Waals surface area contributed by atoms with E-state index in [4.69, 9.17) is 5.73 Å². The van der Waals surface area contributed by atoms with Crippen LogP contribution in [0.2, 0.25) is 0 Å². The maximum absolute atomic E-state index is 15.3. The Morgan fingerprint density at radius 2 is 1.78 bits per heavy atom. The van der Waals surface area contributed by atoms with E-state index in [-0.39, 0.29) is 34.6 Å². The quantitative estimate of drug-likeness (QED) is 0.142. The predicted octanol–water partition coefficient (Wildman–Crippen LogP) is 6.29. The second-order valence-electron chi connectivity index (χ2n) is 12.9. The van der Waals surface area contributed by atoms with E-state index in [2.05, 4.69) is 37.2 Å². The minimum absolute atomic E-state index is 0.0230. The summed E-state index contributed by atoms with van der Waals surface area (Å²) >= 11 is 0. The van der Waals surface area contributed by atoms with Crippen LogP contribution >= 0.6 is 0 Å². The molecule has 2 aromatic carbocycles. The highest BCUT2D eigenvalue weighted by Crippen LogP contribution is 2.68. The number of nitrogens with one attached hydrogen (secondary N) is 1. The molecule has 2 aliphatic carbocycles. The van der Waals surface area contributed by atoms with Crippen LogP contribution in [0.25, 0.3) is 11.1 Å². The number of fused-ring (bicyclic) bond motifs is 3. The maximum Gasteiger partial charge on any atom is 0.435 e. The zero-order valence-electron chi connectivity index (χ0n) is 27.8. The number of carbonyl (C=O) groups excluding carboxylic acids is 2. The van der Waals surface area contributed by atoms with Crippen LogP contribution < -0.4 is 11.1 Å².